The van der Waals surface area contributed by atoms with Gasteiger partial charge in [0.2, 0.25) is 0 Å². The van der Waals surface area contributed by atoms with E-state index in [2.05, 4.69) is 28.4 Å². The maximum Gasteiger partial charge on any atom is 0.317 e. The minimum absolute atomic E-state index is 0.0374. The summed E-state index contributed by atoms with van der Waals surface area (Å²) >= 11 is 0. The minimum Gasteiger partial charge on any atom is -0.468 e. The molecule has 0 heterocycles. The molecule has 0 atom stereocenters. The Hall–Kier alpha value is -1.71. The van der Waals surface area contributed by atoms with Crippen LogP contribution in [0.5, 0.6) is 0 Å². The van der Waals surface area contributed by atoms with E-state index in [9.17, 15) is 4.79 Å². The van der Waals surface area contributed by atoms with Gasteiger partial charge in [0.25, 0.3) is 0 Å². The van der Waals surface area contributed by atoms with Crippen molar-refractivity contribution < 1.29 is 14.6 Å². The fourth-order valence-electron chi connectivity index (χ4n) is 0.422. The molecule has 0 aromatic heterocycles. The van der Waals surface area contributed by atoms with Gasteiger partial charge in [-0.2, -0.15) is 0 Å². The van der Waals surface area contributed by atoms with Gasteiger partial charge in [0.15, 0.2) is 0 Å². The van der Waals surface area contributed by atoms with E-state index < -0.39 is 0 Å². The van der Waals surface area contributed by atoms with Crippen molar-refractivity contribution in [1.82, 2.24) is 0 Å². The molecule has 13 heavy (non-hydrogen) atoms. The smallest absolute Gasteiger partial charge is 0.317 e. The van der Waals surface area contributed by atoms with Gasteiger partial charge in [-0.05, 0) is 17.9 Å². The number of methoxy groups -OCH3 is 1. The normalized spacial score (nSPS) is 8.15. The molecule has 0 aromatic rings. The van der Waals surface area contributed by atoms with Crippen LogP contribution in [0, 0.1) is 23.7 Å². The first-order valence-electron chi connectivity index (χ1n) is 3.62. The summed E-state index contributed by atoms with van der Waals surface area (Å²) in [7, 11) is 1.31. The van der Waals surface area contributed by atoms with Crippen LogP contribution in [-0.2, 0) is 9.53 Å². The van der Waals surface area contributed by atoms with Gasteiger partial charge in [0.1, 0.15) is 6.42 Å². The lowest BCUT2D eigenvalue weighted by Crippen LogP contribution is -1.96. The van der Waals surface area contributed by atoms with E-state index in [4.69, 9.17) is 5.11 Å². The van der Waals surface area contributed by atoms with E-state index in [0.29, 0.717) is 0 Å². The number of rotatable bonds is 2. The monoisotopic (exact) mass is 178 g/mol. The molecule has 3 nitrogen and oxygen atoms in total. The quantitative estimate of drug-likeness (QED) is 0.482. The molecule has 3 heteroatoms. The number of ether oxygens (including phenoxy) is 1. The summed E-state index contributed by atoms with van der Waals surface area (Å²) in [4.78, 5) is 10.5. The molecule has 0 bridgehead atoms. The van der Waals surface area contributed by atoms with Crippen molar-refractivity contribution in [1.29, 1.82) is 0 Å². The number of hydrogen-bond donors (Lipinski definition) is 1. The summed E-state index contributed by atoms with van der Waals surface area (Å²) in [6.07, 6.45) is 3.04. The number of aliphatic hydroxyl groups excluding tert-OH is 1. The highest BCUT2D eigenvalue weighted by atomic mass is 16.5. The number of aliphatic hydroxyl groups is 1. The topological polar surface area (TPSA) is 46.5 Å². The van der Waals surface area contributed by atoms with Gasteiger partial charge < -0.3 is 9.84 Å². The molecule has 0 saturated carbocycles. The fraction of sp³-hybridized carbons (Fsp3) is 0.300. The zero-order valence-corrected chi connectivity index (χ0v) is 7.33. The molecule has 0 fully saturated rings. The van der Waals surface area contributed by atoms with Crippen LogP contribution in [0.2, 0.25) is 0 Å². The third-order valence-corrected chi connectivity index (χ3v) is 0.990. The Bertz CT molecular complexity index is 294. The summed E-state index contributed by atoms with van der Waals surface area (Å²) in [5, 5.41) is 8.32. The van der Waals surface area contributed by atoms with Crippen molar-refractivity contribution in [3.8, 4) is 23.7 Å². The van der Waals surface area contributed by atoms with E-state index in [-0.39, 0.29) is 19.0 Å². The Morgan fingerprint density at radius 3 is 2.92 bits per heavy atom. The van der Waals surface area contributed by atoms with E-state index in [1.165, 1.54) is 19.3 Å². The molecule has 0 radical (unpaired) electrons. The van der Waals surface area contributed by atoms with Crippen LogP contribution in [0.15, 0.2) is 12.2 Å². The van der Waals surface area contributed by atoms with Gasteiger partial charge in [-0.1, -0.05) is 17.9 Å². The SMILES string of the molecule is COC(=O)CC#CC#C/C=C/CO. The first-order chi connectivity index (χ1) is 6.31. The van der Waals surface area contributed by atoms with Crippen LogP contribution in [0.25, 0.3) is 0 Å². The maximum atomic E-state index is 10.5. The predicted octanol–water partition coefficient (Wildman–Crippen LogP) is 0.105. The van der Waals surface area contributed by atoms with Crippen LogP contribution in [0.1, 0.15) is 6.42 Å². The van der Waals surface area contributed by atoms with Crippen LogP contribution in [-0.4, -0.2) is 24.8 Å². The van der Waals surface area contributed by atoms with Crippen molar-refractivity contribution >= 4 is 5.97 Å². The number of carbonyl (C=O) groups excluding carboxylic acids is 1. The van der Waals surface area contributed by atoms with Gasteiger partial charge >= 0.3 is 5.97 Å². The summed E-state index contributed by atoms with van der Waals surface area (Å²) in [5.74, 6) is 9.65. The van der Waals surface area contributed by atoms with E-state index in [1.54, 1.807) is 0 Å². The number of carbonyl (C=O) groups is 1. The van der Waals surface area contributed by atoms with Crippen molar-refractivity contribution in [3.05, 3.63) is 12.2 Å². The molecule has 0 amide bonds. The largest absolute Gasteiger partial charge is 0.468 e. The van der Waals surface area contributed by atoms with Crippen molar-refractivity contribution in [2.45, 2.75) is 6.42 Å². The van der Waals surface area contributed by atoms with Crippen molar-refractivity contribution in [3.63, 3.8) is 0 Å². The van der Waals surface area contributed by atoms with E-state index in [1.807, 2.05) is 0 Å². The van der Waals surface area contributed by atoms with Gasteiger partial charge in [0, 0.05) is 0 Å². The molecule has 0 spiro atoms. The second kappa shape index (κ2) is 8.39. The molecule has 0 aromatic carbocycles. The number of allylic oxidation sites excluding steroid dienone is 1. The number of hydrogen-bond acceptors (Lipinski definition) is 3. The van der Waals surface area contributed by atoms with Gasteiger partial charge in [0.05, 0.1) is 13.7 Å². The molecule has 0 unspecified atom stereocenters. The lowest BCUT2D eigenvalue weighted by atomic mass is 10.4. The Morgan fingerprint density at radius 2 is 2.31 bits per heavy atom. The van der Waals surface area contributed by atoms with Gasteiger partial charge in [-0.3, -0.25) is 4.79 Å². The maximum absolute atomic E-state index is 10.5. The standard InChI is InChI=1S/C10H10O3/c1-13-10(12)8-6-4-2-3-5-7-9-11/h5,7,11H,8-9H2,1H3/b7-5+. The second-order valence-electron chi connectivity index (χ2n) is 1.91. The van der Waals surface area contributed by atoms with Crippen molar-refractivity contribution in [2.75, 3.05) is 13.7 Å². The zero-order chi connectivity index (χ0) is 9.94. The van der Waals surface area contributed by atoms with E-state index >= 15 is 0 Å². The van der Waals surface area contributed by atoms with Crippen LogP contribution in [0.3, 0.4) is 0 Å². The minimum atomic E-state index is -0.375. The molecular formula is C10H10O3. The van der Waals surface area contributed by atoms with Crippen LogP contribution >= 0.6 is 0 Å². The summed E-state index contributed by atoms with van der Waals surface area (Å²) in [6.45, 7) is -0.0374. The second-order valence-corrected chi connectivity index (χ2v) is 1.91. The molecule has 0 saturated heterocycles. The molecule has 0 rings (SSSR count). The summed E-state index contributed by atoms with van der Waals surface area (Å²) in [6, 6.07) is 0. The Balaban J connectivity index is 3.76. The lowest BCUT2D eigenvalue weighted by Gasteiger charge is -1.87. The zero-order valence-electron chi connectivity index (χ0n) is 7.33. The lowest BCUT2D eigenvalue weighted by molar-refractivity contribution is -0.139. The molecular weight excluding hydrogens is 168 g/mol. The third kappa shape index (κ3) is 8.19. The molecule has 1 N–H and O–H groups in total. The van der Waals surface area contributed by atoms with Crippen LogP contribution in [0.4, 0.5) is 0 Å². The number of esters is 1. The van der Waals surface area contributed by atoms with Gasteiger partial charge in [-0.15, -0.1) is 0 Å². The summed E-state index contributed by atoms with van der Waals surface area (Å²) < 4.78 is 4.36. The van der Waals surface area contributed by atoms with Crippen molar-refractivity contribution in [2.24, 2.45) is 0 Å². The van der Waals surface area contributed by atoms with E-state index in [0.717, 1.165) is 0 Å². The highest BCUT2D eigenvalue weighted by molar-refractivity contribution is 5.72. The highest BCUT2D eigenvalue weighted by Crippen LogP contribution is 1.78. The third-order valence-electron chi connectivity index (χ3n) is 0.990. The van der Waals surface area contributed by atoms with Crippen LogP contribution < -0.4 is 0 Å². The Labute approximate surface area is 77.4 Å². The molecule has 0 aliphatic heterocycles. The fourth-order valence-corrected chi connectivity index (χ4v) is 0.422. The Kier molecular flexibility index (Phi) is 7.28. The molecule has 0 aliphatic rings. The summed E-state index contributed by atoms with van der Waals surface area (Å²) in [5.41, 5.74) is 0. The molecule has 68 valence electrons. The first kappa shape index (κ1) is 11.3. The average Bonchev–Trinajstić information content (AvgIpc) is 2.16. The average molecular weight is 178 g/mol. The Morgan fingerprint density at radius 1 is 1.54 bits per heavy atom. The first-order valence-corrected chi connectivity index (χ1v) is 3.62. The molecule has 0 aliphatic carbocycles. The van der Waals surface area contributed by atoms with Gasteiger partial charge in [-0.25, -0.2) is 0 Å². The highest BCUT2D eigenvalue weighted by Gasteiger charge is 1.91. The predicted molar refractivity (Wildman–Crippen MR) is 48.4 cm³/mol.